The molecule has 7 heteroatoms. The van der Waals surface area contributed by atoms with Gasteiger partial charge < -0.3 is 16.0 Å². The van der Waals surface area contributed by atoms with E-state index in [0.29, 0.717) is 13.1 Å². The van der Waals surface area contributed by atoms with E-state index < -0.39 is 24.7 Å². The molecule has 1 aliphatic rings. The molecular formula is C7H12F3N3O. The molecule has 0 bridgehead atoms. The van der Waals surface area contributed by atoms with E-state index in [1.54, 1.807) is 0 Å². The third kappa shape index (κ3) is 3.41. The minimum atomic E-state index is -4.21. The first-order chi connectivity index (χ1) is 6.38. The van der Waals surface area contributed by atoms with Crippen molar-refractivity contribution in [1.82, 2.24) is 10.2 Å². The largest absolute Gasteiger partial charge is 0.390 e. The number of nitrogens with zero attached hydrogens (tertiary/aromatic N) is 1. The molecule has 1 saturated heterocycles. The number of piperazine rings is 1. The van der Waals surface area contributed by atoms with Crippen LogP contribution in [0.5, 0.6) is 0 Å². The van der Waals surface area contributed by atoms with Gasteiger partial charge in [0.15, 0.2) is 0 Å². The molecule has 1 atom stereocenters. The van der Waals surface area contributed by atoms with Crippen molar-refractivity contribution in [2.24, 2.45) is 5.73 Å². The molecule has 3 N–H and O–H groups in total. The monoisotopic (exact) mass is 211 g/mol. The van der Waals surface area contributed by atoms with Crippen LogP contribution in [0.1, 0.15) is 6.42 Å². The fourth-order valence-corrected chi connectivity index (χ4v) is 1.44. The lowest BCUT2D eigenvalue weighted by atomic mass is 10.1. The van der Waals surface area contributed by atoms with Crippen molar-refractivity contribution in [3.63, 3.8) is 0 Å². The van der Waals surface area contributed by atoms with E-state index in [1.807, 2.05) is 0 Å². The van der Waals surface area contributed by atoms with Crippen molar-refractivity contribution >= 4 is 6.03 Å². The highest BCUT2D eigenvalue weighted by Crippen LogP contribution is 2.22. The molecule has 1 unspecified atom stereocenters. The number of primary amides is 1. The summed E-state index contributed by atoms with van der Waals surface area (Å²) in [6.07, 6.45) is -5.14. The molecule has 0 aromatic carbocycles. The maximum absolute atomic E-state index is 12.0. The Bertz CT molecular complexity index is 219. The van der Waals surface area contributed by atoms with Crippen LogP contribution in [0.15, 0.2) is 0 Å². The average molecular weight is 211 g/mol. The first-order valence-electron chi connectivity index (χ1n) is 4.23. The van der Waals surface area contributed by atoms with E-state index in [4.69, 9.17) is 5.73 Å². The Morgan fingerprint density at radius 1 is 1.57 bits per heavy atom. The quantitative estimate of drug-likeness (QED) is 0.655. The minimum absolute atomic E-state index is 0.0227. The molecule has 0 aromatic heterocycles. The number of nitrogens with one attached hydrogen (secondary N) is 1. The third-order valence-electron chi connectivity index (χ3n) is 2.05. The van der Waals surface area contributed by atoms with Crippen LogP contribution < -0.4 is 11.1 Å². The second-order valence-electron chi connectivity index (χ2n) is 3.25. The molecule has 4 nitrogen and oxygen atoms in total. The molecule has 1 rings (SSSR count). The number of hydrogen-bond acceptors (Lipinski definition) is 2. The minimum Gasteiger partial charge on any atom is -0.351 e. The number of alkyl halides is 3. The Hall–Kier alpha value is -0.980. The van der Waals surface area contributed by atoms with E-state index in [9.17, 15) is 18.0 Å². The van der Waals surface area contributed by atoms with Gasteiger partial charge in [0.2, 0.25) is 0 Å². The van der Waals surface area contributed by atoms with Crippen LogP contribution in [-0.2, 0) is 0 Å². The summed E-state index contributed by atoms with van der Waals surface area (Å²) in [5.74, 6) is 0. The lowest BCUT2D eigenvalue weighted by Crippen LogP contribution is -2.55. The molecule has 2 amide bonds. The van der Waals surface area contributed by atoms with E-state index >= 15 is 0 Å². The number of carbonyl (C=O) groups is 1. The zero-order valence-electron chi connectivity index (χ0n) is 7.47. The highest BCUT2D eigenvalue weighted by atomic mass is 19.4. The maximum Gasteiger partial charge on any atom is 0.390 e. The van der Waals surface area contributed by atoms with Crippen LogP contribution in [0.4, 0.5) is 18.0 Å². The van der Waals surface area contributed by atoms with Gasteiger partial charge in [0.25, 0.3) is 0 Å². The van der Waals surface area contributed by atoms with Crippen molar-refractivity contribution in [3.8, 4) is 0 Å². The summed E-state index contributed by atoms with van der Waals surface area (Å²) in [7, 11) is 0. The van der Waals surface area contributed by atoms with E-state index in [1.165, 1.54) is 4.90 Å². The zero-order valence-corrected chi connectivity index (χ0v) is 7.47. The molecule has 1 aliphatic heterocycles. The van der Waals surface area contributed by atoms with E-state index in [-0.39, 0.29) is 6.54 Å². The molecule has 0 saturated carbocycles. The Kier molecular flexibility index (Phi) is 3.20. The summed E-state index contributed by atoms with van der Waals surface area (Å²) >= 11 is 0. The van der Waals surface area contributed by atoms with Gasteiger partial charge in [-0.2, -0.15) is 13.2 Å². The van der Waals surface area contributed by atoms with Crippen LogP contribution in [0.3, 0.4) is 0 Å². The van der Waals surface area contributed by atoms with Gasteiger partial charge in [-0.05, 0) is 0 Å². The highest BCUT2D eigenvalue weighted by Gasteiger charge is 2.34. The van der Waals surface area contributed by atoms with Crippen molar-refractivity contribution in [2.45, 2.75) is 18.6 Å². The molecule has 0 aliphatic carbocycles. The number of rotatable bonds is 1. The number of hydrogen-bond donors (Lipinski definition) is 2. The SMILES string of the molecule is NC(=O)N1CCNC(CC(F)(F)F)C1. The molecular weight excluding hydrogens is 199 g/mol. The second-order valence-corrected chi connectivity index (χ2v) is 3.25. The third-order valence-corrected chi connectivity index (χ3v) is 2.05. The fourth-order valence-electron chi connectivity index (χ4n) is 1.44. The molecule has 1 heterocycles. The molecule has 0 spiro atoms. The zero-order chi connectivity index (χ0) is 10.8. The smallest absolute Gasteiger partial charge is 0.351 e. The second kappa shape index (κ2) is 4.04. The predicted octanol–water partition coefficient (Wildman–Crippen LogP) is 0.291. The normalized spacial score (nSPS) is 23.6. The number of nitrogens with two attached hydrogens (primary N) is 1. The highest BCUT2D eigenvalue weighted by molar-refractivity contribution is 5.72. The summed E-state index contributed by atoms with van der Waals surface area (Å²) < 4.78 is 36.0. The summed E-state index contributed by atoms with van der Waals surface area (Å²) in [6.45, 7) is 0.738. The Labute approximate surface area is 79.2 Å². The number of carbonyl (C=O) groups excluding carboxylic acids is 1. The Balaban J connectivity index is 2.44. The van der Waals surface area contributed by atoms with Gasteiger partial charge in [-0.1, -0.05) is 0 Å². The first-order valence-corrected chi connectivity index (χ1v) is 4.23. The lowest BCUT2D eigenvalue weighted by Gasteiger charge is -2.32. The Morgan fingerprint density at radius 2 is 2.21 bits per heavy atom. The van der Waals surface area contributed by atoms with Crippen molar-refractivity contribution in [2.75, 3.05) is 19.6 Å². The standard InChI is InChI=1S/C7H12F3N3O/c8-7(9,10)3-5-4-13(6(11)14)2-1-12-5/h5,12H,1-4H2,(H2,11,14). The molecule has 1 fully saturated rings. The topological polar surface area (TPSA) is 58.4 Å². The summed E-state index contributed by atoms with van der Waals surface area (Å²) in [5.41, 5.74) is 4.97. The maximum atomic E-state index is 12.0. The van der Waals surface area contributed by atoms with Crippen molar-refractivity contribution < 1.29 is 18.0 Å². The van der Waals surface area contributed by atoms with Gasteiger partial charge in [-0.3, -0.25) is 0 Å². The van der Waals surface area contributed by atoms with E-state index in [0.717, 1.165) is 0 Å². The van der Waals surface area contributed by atoms with Gasteiger partial charge in [-0.25, -0.2) is 4.79 Å². The first kappa shape index (κ1) is 11.1. The number of halogens is 3. The van der Waals surface area contributed by atoms with Crippen LogP contribution in [0.25, 0.3) is 0 Å². The van der Waals surface area contributed by atoms with Crippen LogP contribution in [0, 0.1) is 0 Å². The Morgan fingerprint density at radius 3 is 2.71 bits per heavy atom. The molecule has 0 aromatic rings. The van der Waals surface area contributed by atoms with Gasteiger partial charge in [0.1, 0.15) is 0 Å². The van der Waals surface area contributed by atoms with Crippen LogP contribution in [0.2, 0.25) is 0 Å². The van der Waals surface area contributed by atoms with Crippen molar-refractivity contribution in [1.29, 1.82) is 0 Å². The molecule has 14 heavy (non-hydrogen) atoms. The predicted molar refractivity (Wildman–Crippen MR) is 43.6 cm³/mol. The number of urea groups is 1. The van der Waals surface area contributed by atoms with Crippen LogP contribution >= 0.6 is 0 Å². The molecule has 0 radical (unpaired) electrons. The summed E-state index contributed by atoms with van der Waals surface area (Å²) in [5, 5.41) is 2.69. The van der Waals surface area contributed by atoms with Gasteiger partial charge in [0, 0.05) is 25.7 Å². The van der Waals surface area contributed by atoms with Crippen LogP contribution in [-0.4, -0.2) is 42.8 Å². The van der Waals surface area contributed by atoms with Crippen molar-refractivity contribution in [3.05, 3.63) is 0 Å². The molecule has 82 valence electrons. The average Bonchev–Trinajstić information content (AvgIpc) is 2.01. The lowest BCUT2D eigenvalue weighted by molar-refractivity contribution is -0.141. The summed E-state index contributed by atoms with van der Waals surface area (Å²) in [6, 6.07) is -1.41. The number of amides is 2. The fraction of sp³-hybridized carbons (Fsp3) is 0.857. The van der Waals surface area contributed by atoms with Gasteiger partial charge in [-0.15, -0.1) is 0 Å². The summed E-state index contributed by atoms with van der Waals surface area (Å²) in [4.78, 5) is 11.9. The van der Waals surface area contributed by atoms with Gasteiger partial charge >= 0.3 is 12.2 Å². The van der Waals surface area contributed by atoms with Gasteiger partial charge in [0.05, 0.1) is 6.42 Å². The van der Waals surface area contributed by atoms with E-state index in [2.05, 4.69) is 5.32 Å².